The number of rotatable bonds is 4. The lowest BCUT2D eigenvalue weighted by atomic mass is 9.94. The standard InChI is InChI=1S/C15H18O3/c1-10(15(17)18)12-7-5-11(6-8-12)9-13-3-2-4-14(13)16/h5-8,10,13H,2-4,9H2,1H3,(H,17,18)/t10?,13-/m0/s1. The normalized spacial score (nSPS) is 20.9. The third-order valence-corrected chi connectivity index (χ3v) is 3.76. The average molecular weight is 246 g/mol. The topological polar surface area (TPSA) is 54.4 Å². The fourth-order valence-electron chi connectivity index (χ4n) is 2.47. The summed E-state index contributed by atoms with van der Waals surface area (Å²) in [6.45, 7) is 1.68. The van der Waals surface area contributed by atoms with Gasteiger partial charge in [0.1, 0.15) is 5.78 Å². The Labute approximate surface area is 107 Å². The van der Waals surface area contributed by atoms with Crippen molar-refractivity contribution in [2.75, 3.05) is 0 Å². The van der Waals surface area contributed by atoms with Crippen molar-refractivity contribution in [2.45, 2.75) is 38.5 Å². The summed E-state index contributed by atoms with van der Waals surface area (Å²) in [5.74, 6) is -0.744. The smallest absolute Gasteiger partial charge is 0.310 e. The number of carbonyl (C=O) groups is 2. The number of carboxylic acid groups (broad SMARTS) is 1. The molecule has 0 heterocycles. The summed E-state index contributed by atoms with van der Waals surface area (Å²) < 4.78 is 0. The number of hydrogen-bond acceptors (Lipinski definition) is 2. The molecular formula is C15H18O3. The molecule has 18 heavy (non-hydrogen) atoms. The lowest BCUT2D eigenvalue weighted by Crippen LogP contribution is -2.10. The van der Waals surface area contributed by atoms with Crippen molar-refractivity contribution < 1.29 is 14.7 Å². The van der Waals surface area contributed by atoms with E-state index in [0.29, 0.717) is 5.78 Å². The number of benzene rings is 1. The van der Waals surface area contributed by atoms with Crippen LogP contribution in [0.15, 0.2) is 24.3 Å². The molecule has 0 aromatic heterocycles. The lowest BCUT2D eigenvalue weighted by Gasteiger charge is -2.10. The van der Waals surface area contributed by atoms with Gasteiger partial charge in [-0.15, -0.1) is 0 Å². The molecule has 1 N–H and O–H groups in total. The van der Waals surface area contributed by atoms with Crippen molar-refractivity contribution in [3.8, 4) is 0 Å². The molecule has 0 spiro atoms. The van der Waals surface area contributed by atoms with Gasteiger partial charge in [0, 0.05) is 12.3 Å². The second-order valence-corrected chi connectivity index (χ2v) is 5.06. The Bertz CT molecular complexity index is 447. The monoisotopic (exact) mass is 246 g/mol. The molecule has 3 nitrogen and oxygen atoms in total. The van der Waals surface area contributed by atoms with Gasteiger partial charge in [-0.05, 0) is 37.3 Å². The quantitative estimate of drug-likeness (QED) is 0.888. The van der Waals surface area contributed by atoms with Gasteiger partial charge < -0.3 is 5.11 Å². The largest absolute Gasteiger partial charge is 0.481 e. The van der Waals surface area contributed by atoms with Crippen molar-refractivity contribution in [3.63, 3.8) is 0 Å². The van der Waals surface area contributed by atoms with Crippen molar-refractivity contribution >= 4 is 11.8 Å². The minimum absolute atomic E-state index is 0.174. The van der Waals surface area contributed by atoms with Crippen molar-refractivity contribution in [1.82, 2.24) is 0 Å². The van der Waals surface area contributed by atoms with Crippen molar-refractivity contribution in [3.05, 3.63) is 35.4 Å². The summed E-state index contributed by atoms with van der Waals surface area (Å²) in [5.41, 5.74) is 1.93. The summed E-state index contributed by atoms with van der Waals surface area (Å²) in [5, 5.41) is 8.92. The number of hydrogen-bond donors (Lipinski definition) is 1. The van der Waals surface area contributed by atoms with Crippen LogP contribution in [0, 0.1) is 5.92 Å². The molecule has 0 amide bonds. The zero-order valence-electron chi connectivity index (χ0n) is 10.6. The molecule has 2 atom stereocenters. The van der Waals surface area contributed by atoms with Crippen LogP contribution in [0.25, 0.3) is 0 Å². The van der Waals surface area contributed by atoms with Crippen molar-refractivity contribution in [2.24, 2.45) is 5.92 Å². The van der Waals surface area contributed by atoms with E-state index in [0.717, 1.165) is 36.8 Å². The average Bonchev–Trinajstić information content (AvgIpc) is 2.75. The van der Waals surface area contributed by atoms with E-state index < -0.39 is 11.9 Å². The molecule has 1 unspecified atom stereocenters. The molecular weight excluding hydrogens is 228 g/mol. The van der Waals surface area contributed by atoms with Crippen LogP contribution in [-0.4, -0.2) is 16.9 Å². The van der Waals surface area contributed by atoms with Gasteiger partial charge in [0.15, 0.2) is 0 Å². The van der Waals surface area contributed by atoms with Crippen LogP contribution in [0.5, 0.6) is 0 Å². The molecule has 2 rings (SSSR count). The molecule has 1 saturated carbocycles. The van der Waals surface area contributed by atoms with Gasteiger partial charge in [-0.3, -0.25) is 9.59 Å². The molecule has 0 saturated heterocycles. The molecule has 0 bridgehead atoms. The van der Waals surface area contributed by atoms with Crippen molar-refractivity contribution in [1.29, 1.82) is 0 Å². The van der Waals surface area contributed by atoms with E-state index in [1.807, 2.05) is 24.3 Å². The maximum atomic E-state index is 11.6. The van der Waals surface area contributed by atoms with Gasteiger partial charge in [0.05, 0.1) is 5.92 Å². The molecule has 1 aliphatic carbocycles. The second kappa shape index (κ2) is 5.34. The van der Waals surface area contributed by atoms with Crippen LogP contribution in [-0.2, 0) is 16.0 Å². The number of ketones is 1. The van der Waals surface area contributed by atoms with Crippen LogP contribution < -0.4 is 0 Å². The zero-order chi connectivity index (χ0) is 13.1. The van der Waals surface area contributed by atoms with Crippen LogP contribution >= 0.6 is 0 Å². The number of Topliss-reactive ketones (excluding diaryl/α,β-unsaturated/α-hetero) is 1. The third-order valence-electron chi connectivity index (χ3n) is 3.76. The lowest BCUT2D eigenvalue weighted by molar-refractivity contribution is -0.138. The molecule has 1 aromatic carbocycles. The Morgan fingerprint density at radius 2 is 2.06 bits per heavy atom. The molecule has 3 heteroatoms. The van der Waals surface area contributed by atoms with E-state index in [1.54, 1.807) is 6.92 Å². The first-order chi connectivity index (χ1) is 8.58. The number of aliphatic carboxylic acids is 1. The fourth-order valence-corrected chi connectivity index (χ4v) is 2.47. The highest BCUT2D eigenvalue weighted by molar-refractivity contribution is 5.83. The summed E-state index contributed by atoms with van der Waals surface area (Å²) in [6, 6.07) is 7.60. The first-order valence-corrected chi connectivity index (χ1v) is 6.42. The van der Waals surface area contributed by atoms with Gasteiger partial charge in [-0.2, -0.15) is 0 Å². The summed E-state index contributed by atoms with van der Waals surface area (Å²) >= 11 is 0. The zero-order valence-corrected chi connectivity index (χ0v) is 10.6. The Hall–Kier alpha value is -1.64. The fraction of sp³-hybridized carbons (Fsp3) is 0.467. The number of carboxylic acids is 1. The molecule has 0 radical (unpaired) electrons. The minimum atomic E-state index is -0.811. The van der Waals surface area contributed by atoms with E-state index in [4.69, 9.17) is 5.11 Å². The van der Waals surface area contributed by atoms with Crippen LogP contribution in [0.4, 0.5) is 0 Å². The predicted octanol–water partition coefficient (Wildman–Crippen LogP) is 2.79. The van der Waals surface area contributed by atoms with Crippen LogP contribution in [0.1, 0.15) is 43.2 Å². The molecule has 1 aliphatic rings. The Morgan fingerprint density at radius 1 is 1.39 bits per heavy atom. The van der Waals surface area contributed by atoms with Crippen LogP contribution in [0.2, 0.25) is 0 Å². The first kappa shape index (κ1) is 12.8. The van der Waals surface area contributed by atoms with Gasteiger partial charge in [0.25, 0.3) is 0 Å². The highest BCUT2D eigenvalue weighted by atomic mass is 16.4. The molecule has 1 aromatic rings. The Balaban J connectivity index is 2.03. The third kappa shape index (κ3) is 2.78. The molecule has 1 fully saturated rings. The van der Waals surface area contributed by atoms with E-state index in [9.17, 15) is 9.59 Å². The predicted molar refractivity (Wildman–Crippen MR) is 68.5 cm³/mol. The van der Waals surface area contributed by atoms with E-state index in [2.05, 4.69) is 0 Å². The Kier molecular flexibility index (Phi) is 3.80. The maximum absolute atomic E-state index is 11.6. The summed E-state index contributed by atoms with van der Waals surface area (Å²) in [4.78, 5) is 22.4. The van der Waals surface area contributed by atoms with Gasteiger partial charge >= 0.3 is 5.97 Å². The highest BCUT2D eigenvalue weighted by Crippen LogP contribution is 2.25. The summed E-state index contributed by atoms with van der Waals surface area (Å²) in [6.07, 6.45) is 3.52. The van der Waals surface area contributed by atoms with Crippen LogP contribution in [0.3, 0.4) is 0 Å². The van der Waals surface area contributed by atoms with E-state index >= 15 is 0 Å². The molecule has 0 aliphatic heterocycles. The van der Waals surface area contributed by atoms with Gasteiger partial charge in [-0.1, -0.05) is 24.3 Å². The number of carbonyl (C=O) groups excluding carboxylic acids is 1. The SMILES string of the molecule is CC(C(=O)O)c1ccc(C[C@@H]2CCCC2=O)cc1. The highest BCUT2D eigenvalue weighted by Gasteiger charge is 2.24. The molecule has 96 valence electrons. The summed E-state index contributed by atoms with van der Waals surface area (Å²) in [7, 11) is 0. The van der Waals surface area contributed by atoms with Gasteiger partial charge in [0.2, 0.25) is 0 Å². The van der Waals surface area contributed by atoms with E-state index in [1.165, 1.54) is 0 Å². The van der Waals surface area contributed by atoms with E-state index in [-0.39, 0.29) is 5.92 Å². The second-order valence-electron chi connectivity index (χ2n) is 5.06. The minimum Gasteiger partial charge on any atom is -0.481 e. The first-order valence-electron chi connectivity index (χ1n) is 6.42. The van der Waals surface area contributed by atoms with Gasteiger partial charge in [-0.25, -0.2) is 0 Å². The maximum Gasteiger partial charge on any atom is 0.310 e. The Morgan fingerprint density at radius 3 is 2.56 bits per heavy atom.